The molecule has 2 N–H and O–H groups in total. The van der Waals surface area contributed by atoms with Crippen molar-refractivity contribution in [2.24, 2.45) is 0 Å². The van der Waals surface area contributed by atoms with Gasteiger partial charge in [-0.25, -0.2) is 4.90 Å². The average molecular weight is 490 g/mol. The Balaban J connectivity index is 1.52. The molecule has 35 heavy (non-hydrogen) atoms. The summed E-state index contributed by atoms with van der Waals surface area (Å²) in [6, 6.07) is 19.0. The third kappa shape index (κ3) is 5.05. The normalized spacial score (nSPS) is 13.3. The van der Waals surface area contributed by atoms with Crippen LogP contribution in [0.25, 0.3) is 0 Å². The quantitative estimate of drug-likeness (QED) is 0.434. The predicted octanol–water partition coefficient (Wildman–Crippen LogP) is 5.39. The number of nitrogens with zero attached hydrogens (tertiary/aromatic N) is 1. The fourth-order valence-corrected chi connectivity index (χ4v) is 3.95. The number of carbonyl (C=O) groups is 3. The Bertz CT molecular complexity index is 1350. The average Bonchev–Trinajstić information content (AvgIpc) is 3.05. The van der Waals surface area contributed by atoms with Gasteiger partial charge in [0.05, 0.1) is 12.3 Å². The van der Waals surface area contributed by atoms with Crippen molar-refractivity contribution in [3.05, 3.63) is 94.1 Å². The number of ether oxygens (including phenoxy) is 1. The van der Waals surface area contributed by atoms with Crippen LogP contribution in [0.1, 0.15) is 28.4 Å². The van der Waals surface area contributed by atoms with Crippen molar-refractivity contribution in [1.82, 2.24) is 0 Å². The molecule has 3 amide bonds. The van der Waals surface area contributed by atoms with Gasteiger partial charge in [0.25, 0.3) is 17.7 Å². The van der Waals surface area contributed by atoms with Crippen molar-refractivity contribution in [2.75, 3.05) is 22.1 Å². The van der Waals surface area contributed by atoms with E-state index in [4.69, 9.17) is 16.3 Å². The molecule has 0 bridgehead atoms. The van der Waals surface area contributed by atoms with Gasteiger partial charge < -0.3 is 15.4 Å². The smallest absolute Gasteiger partial charge is 0.283 e. The summed E-state index contributed by atoms with van der Waals surface area (Å²) in [7, 11) is 0. The molecule has 4 rings (SSSR count). The second kappa shape index (κ2) is 10.0. The van der Waals surface area contributed by atoms with Crippen LogP contribution in [0.5, 0.6) is 5.75 Å². The largest absolute Gasteiger partial charge is 0.494 e. The molecule has 0 saturated heterocycles. The number of carbonyl (C=O) groups excluding carboxylic acids is 3. The van der Waals surface area contributed by atoms with Gasteiger partial charge in [0, 0.05) is 16.9 Å². The molecule has 0 fully saturated rings. The van der Waals surface area contributed by atoms with Crippen molar-refractivity contribution in [2.45, 2.75) is 20.8 Å². The molecule has 3 aromatic carbocycles. The highest BCUT2D eigenvalue weighted by Crippen LogP contribution is 2.31. The number of anilines is 3. The lowest BCUT2D eigenvalue weighted by Gasteiger charge is -2.16. The van der Waals surface area contributed by atoms with Crippen molar-refractivity contribution in [3.8, 4) is 5.75 Å². The highest BCUT2D eigenvalue weighted by molar-refractivity contribution is 6.53. The van der Waals surface area contributed by atoms with Crippen LogP contribution in [0, 0.1) is 13.8 Å². The van der Waals surface area contributed by atoms with Gasteiger partial charge >= 0.3 is 0 Å². The molecule has 3 aromatic rings. The molecule has 0 spiro atoms. The van der Waals surface area contributed by atoms with Gasteiger partial charge in [-0.3, -0.25) is 14.4 Å². The Labute approximate surface area is 208 Å². The molecule has 0 unspecified atom stereocenters. The van der Waals surface area contributed by atoms with Gasteiger partial charge in [-0.15, -0.1) is 0 Å². The van der Waals surface area contributed by atoms with Crippen LogP contribution in [0.15, 0.2) is 77.5 Å². The number of amides is 3. The molecule has 1 aliphatic rings. The minimum Gasteiger partial charge on any atom is -0.494 e. The molecule has 0 aromatic heterocycles. The van der Waals surface area contributed by atoms with Crippen molar-refractivity contribution in [1.29, 1.82) is 0 Å². The summed E-state index contributed by atoms with van der Waals surface area (Å²) in [5, 5.41) is 5.58. The van der Waals surface area contributed by atoms with E-state index in [2.05, 4.69) is 10.6 Å². The lowest BCUT2D eigenvalue weighted by atomic mass is 10.1. The van der Waals surface area contributed by atoms with E-state index in [9.17, 15) is 14.4 Å². The Morgan fingerprint density at radius 3 is 2.40 bits per heavy atom. The molecule has 1 heterocycles. The van der Waals surface area contributed by atoms with E-state index in [0.29, 0.717) is 35.0 Å². The van der Waals surface area contributed by atoms with E-state index < -0.39 is 11.8 Å². The van der Waals surface area contributed by atoms with Crippen LogP contribution < -0.4 is 20.3 Å². The van der Waals surface area contributed by atoms with Crippen LogP contribution in [0.4, 0.5) is 17.1 Å². The number of halogens is 1. The molecule has 1 aliphatic heterocycles. The molecule has 0 atom stereocenters. The van der Waals surface area contributed by atoms with Gasteiger partial charge in [-0.1, -0.05) is 35.4 Å². The van der Waals surface area contributed by atoms with Crippen LogP contribution in [0.3, 0.4) is 0 Å². The first-order valence-electron chi connectivity index (χ1n) is 11.1. The summed E-state index contributed by atoms with van der Waals surface area (Å²) in [6.45, 7) is 6.28. The molecule has 0 aliphatic carbocycles. The number of rotatable bonds is 7. The van der Waals surface area contributed by atoms with Crippen molar-refractivity contribution < 1.29 is 19.1 Å². The molecule has 0 radical (unpaired) electrons. The zero-order valence-corrected chi connectivity index (χ0v) is 20.3. The lowest BCUT2D eigenvalue weighted by Crippen LogP contribution is -2.32. The number of aryl methyl sites for hydroxylation is 2. The molecule has 178 valence electrons. The van der Waals surface area contributed by atoms with Crippen LogP contribution in [-0.2, 0) is 9.59 Å². The maximum Gasteiger partial charge on any atom is 0.283 e. The van der Waals surface area contributed by atoms with E-state index >= 15 is 0 Å². The topological polar surface area (TPSA) is 87.7 Å². The molecular weight excluding hydrogens is 466 g/mol. The van der Waals surface area contributed by atoms with Gasteiger partial charge in [0.2, 0.25) is 0 Å². The highest BCUT2D eigenvalue weighted by Gasteiger charge is 2.39. The summed E-state index contributed by atoms with van der Waals surface area (Å²) in [4.78, 5) is 39.6. The second-order valence-electron chi connectivity index (χ2n) is 8.04. The Hall–Kier alpha value is -4.10. The summed E-state index contributed by atoms with van der Waals surface area (Å²) in [6.07, 6.45) is 0. The SMILES string of the molecule is CCOc1ccc(N2C(=O)C(Cl)=C(Nc3cccc(C(=O)Nc4ccc(C)cc4C)c3)C2=O)cc1. The Morgan fingerprint density at radius 2 is 1.71 bits per heavy atom. The van der Waals surface area contributed by atoms with Gasteiger partial charge in [0.15, 0.2) is 0 Å². The minimum absolute atomic E-state index is 0.0579. The first kappa shape index (κ1) is 24.0. The number of hydrogen-bond donors (Lipinski definition) is 2. The van der Waals surface area contributed by atoms with E-state index in [-0.39, 0.29) is 16.6 Å². The highest BCUT2D eigenvalue weighted by atomic mass is 35.5. The first-order chi connectivity index (χ1) is 16.8. The number of hydrogen-bond acceptors (Lipinski definition) is 5. The minimum atomic E-state index is -0.632. The Morgan fingerprint density at radius 1 is 0.971 bits per heavy atom. The third-order valence-electron chi connectivity index (χ3n) is 5.46. The van der Waals surface area contributed by atoms with Gasteiger partial charge in [0.1, 0.15) is 16.5 Å². The molecule has 0 saturated carbocycles. The van der Waals surface area contributed by atoms with Crippen molar-refractivity contribution in [3.63, 3.8) is 0 Å². The van der Waals surface area contributed by atoms with E-state index in [0.717, 1.165) is 16.0 Å². The molecule has 8 heteroatoms. The van der Waals surface area contributed by atoms with Crippen LogP contribution in [-0.4, -0.2) is 24.3 Å². The zero-order valence-electron chi connectivity index (χ0n) is 19.5. The molecular formula is C27H24ClN3O4. The second-order valence-corrected chi connectivity index (χ2v) is 8.42. The summed E-state index contributed by atoms with van der Waals surface area (Å²) in [5.74, 6) is -0.893. The standard InChI is InChI=1S/C27H24ClN3O4/c1-4-35-21-11-9-20(10-12-21)31-26(33)23(28)24(27(31)34)29-19-7-5-6-18(15-19)25(32)30-22-13-8-16(2)14-17(22)3/h5-15,29H,4H2,1-3H3,(H,30,32). The van der Waals surface area contributed by atoms with Crippen molar-refractivity contribution >= 4 is 46.4 Å². The number of nitrogens with one attached hydrogen (secondary N) is 2. The Kier molecular flexibility index (Phi) is 6.89. The fraction of sp³-hybridized carbons (Fsp3) is 0.148. The first-order valence-corrected chi connectivity index (χ1v) is 11.4. The van der Waals surface area contributed by atoms with Crippen LogP contribution >= 0.6 is 11.6 Å². The zero-order chi connectivity index (χ0) is 25.1. The third-order valence-corrected chi connectivity index (χ3v) is 5.81. The maximum atomic E-state index is 13.1. The van der Waals surface area contributed by atoms with E-state index in [1.165, 1.54) is 0 Å². The number of imide groups is 1. The van der Waals surface area contributed by atoms with E-state index in [1.807, 2.05) is 39.0 Å². The predicted molar refractivity (Wildman–Crippen MR) is 137 cm³/mol. The summed E-state index contributed by atoms with van der Waals surface area (Å²) in [5.41, 5.74) is 3.92. The number of benzene rings is 3. The monoisotopic (exact) mass is 489 g/mol. The fourth-order valence-electron chi connectivity index (χ4n) is 3.73. The lowest BCUT2D eigenvalue weighted by molar-refractivity contribution is -0.120. The maximum absolute atomic E-state index is 13.1. The summed E-state index contributed by atoms with van der Waals surface area (Å²) >= 11 is 6.24. The van der Waals surface area contributed by atoms with Gasteiger partial charge in [-0.05, 0) is 74.9 Å². The van der Waals surface area contributed by atoms with E-state index in [1.54, 1.807) is 48.5 Å². The summed E-state index contributed by atoms with van der Waals surface area (Å²) < 4.78 is 5.41. The van der Waals surface area contributed by atoms with Gasteiger partial charge in [-0.2, -0.15) is 0 Å². The van der Waals surface area contributed by atoms with Crippen LogP contribution in [0.2, 0.25) is 0 Å². The molecule has 7 nitrogen and oxygen atoms in total.